The van der Waals surface area contributed by atoms with Crippen molar-refractivity contribution >= 4 is 55.8 Å². The second kappa shape index (κ2) is 16.9. The lowest BCUT2D eigenvalue weighted by molar-refractivity contribution is 1.17. The van der Waals surface area contributed by atoms with Crippen LogP contribution in [0, 0.1) is 0 Å². The van der Waals surface area contributed by atoms with Crippen LogP contribution < -0.4 is 9.80 Å². The average molecular weight is 760 g/mol. The van der Waals surface area contributed by atoms with Crippen molar-refractivity contribution in [2.24, 2.45) is 0 Å². The van der Waals surface area contributed by atoms with Crippen LogP contribution in [0.5, 0.6) is 0 Å². The van der Waals surface area contributed by atoms with Crippen molar-refractivity contribution in [1.29, 1.82) is 0 Å². The molecule has 0 aliphatic heterocycles. The minimum atomic E-state index is 0.884. The van der Waals surface area contributed by atoms with Crippen molar-refractivity contribution in [3.8, 4) is 16.8 Å². The molecule has 9 rings (SSSR count). The Labute approximate surface area is 347 Å². The number of fused-ring (bicyclic) bond motifs is 3. The van der Waals surface area contributed by atoms with Gasteiger partial charge in [-0.3, -0.25) is 0 Å². The number of benzene rings is 8. The highest BCUT2D eigenvalue weighted by Gasteiger charge is 2.17. The molecule has 0 aliphatic carbocycles. The predicted molar refractivity (Wildman–Crippen MR) is 252 cm³/mol. The van der Waals surface area contributed by atoms with Crippen LogP contribution in [0.15, 0.2) is 243 Å². The van der Waals surface area contributed by atoms with Crippen LogP contribution in [-0.4, -0.2) is 4.57 Å². The molecule has 3 heteroatoms. The molecule has 59 heavy (non-hydrogen) atoms. The lowest BCUT2D eigenvalue weighted by atomic mass is 10.0. The first kappa shape index (κ1) is 37.0. The molecule has 0 saturated heterocycles. The average Bonchev–Trinajstić information content (AvgIpc) is 3.64. The minimum absolute atomic E-state index is 0.884. The summed E-state index contributed by atoms with van der Waals surface area (Å²) in [5, 5.41) is 2.51. The number of allylic oxidation sites excluding steroid dienone is 4. The molecule has 8 aromatic carbocycles. The van der Waals surface area contributed by atoms with Gasteiger partial charge in [0.05, 0.1) is 11.0 Å². The van der Waals surface area contributed by atoms with Gasteiger partial charge in [-0.15, -0.1) is 0 Å². The maximum atomic E-state index is 4.52. The van der Waals surface area contributed by atoms with Gasteiger partial charge in [0.25, 0.3) is 0 Å². The van der Waals surface area contributed by atoms with E-state index in [4.69, 9.17) is 0 Å². The zero-order chi connectivity index (χ0) is 40.0. The van der Waals surface area contributed by atoms with Gasteiger partial charge >= 0.3 is 0 Å². The maximum absolute atomic E-state index is 4.52. The standard InChI is InChI=1S/C56H45N3/c1-3-18-43(32-31-42(2)57(47-22-9-5-10-23-47)48-24-11-6-12-25-48)45-33-35-49(36-34-45)58(52-26-17-21-46(41-52)44-19-7-4-8-20-44)50-37-39-51(40-38-50)59-55-29-15-13-27-53(55)54-28-14-16-30-56(54)59/h4-41H,2-3H2,1H3/b32-31-,43-18+. The Balaban J connectivity index is 1.07. The smallest absolute Gasteiger partial charge is 0.0541 e. The second-order valence-electron chi connectivity index (χ2n) is 14.6. The minimum Gasteiger partial charge on any atom is -0.311 e. The number of aromatic nitrogens is 1. The van der Waals surface area contributed by atoms with Gasteiger partial charge in [-0.1, -0.05) is 153 Å². The van der Waals surface area contributed by atoms with E-state index >= 15 is 0 Å². The molecule has 0 radical (unpaired) electrons. The molecule has 0 saturated carbocycles. The summed E-state index contributed by atoms with van der Waals surface area (Å²) < 4.78 is 2.37. The summed E-state index contributed by atoms with van der Waals surface area (Å²) in [5.41, 5.74) is 14.4. The number of nitrogens with zero attached hydrogens (tertiary/aromatic N) is 3. The number of hydrogen-bond donors (Lipinski definition) is 0. The number of rotatable bonds is 12. The van der Waals surface area contributed by atoms with Gasteiger partial charge in [0.2, 0.25) is 0 Å². The fourth-order valence-corrected chi connectivity index (χ4v) is 8.05. The van der Waals surface area contributed by atoms with Gasteiger partial charge in [-0.25, -0.2) is 0 Å². The monoisotopic (exact) mass is 759 g/mol. The first-order valence-corrected chi connectivity index (χ1v) is 20.3. The van der Waals surface area contributed by atoms with E-state index in [-0.39, 0.29) is 0 Å². The van der Waals surface area contributed by atoms with E-state index < -0.39 is 0 Å². The molecule has 1 heterocycles. The first-order valence-electron chi connectivity index (χ1n) is 20.3. The predicted octanol–water partition coefficient (Wildman–Crippen LogP) is 15.6. The zero-order valence-corrected chi connectivity index (χ0v) is 33.2. The van der Waals surface area contributed by atoms with Crippen LogP contribution in [0.1, 0.15) is 18.9 Å². The molecule has 1 aromatic heterocycles. The summed E-state index contributed by atoms with van der Waals surface area (Å²) in [6.07, 6.45) is 7.50. The summed E-state index contributed by atoms with van der Waals surface area (Å²) in [4.78, 5) is 4.54. The third-order valence-corrected chi connectivity index (χ3v) is 10.8. The van der Waals surface area contributed by atoms with E-state index in [9.17, 15) is 0 Å². The van der Waals surface area contributed by atoms with Gasteiger partial charge in [0.1, 0.15) is 0 Å². The highest BCUT2D eigenvalue weighted by Crippen LogP contribution is 2.39. The van der Waals surface area contributed by atoms with E-state index in [1.54, 1.807) is 0 Å². The van der Waals surface area contributed by atoms with Crippen LogP contribution in [-0.2, 0) is 0 Å². The van der Waals surface area contributed by atoms with Crippen molar-refractivity contribution in [3.63, 3.8) is 0 Å². The Kier molecular flexibility index (Phi) is 10.6. The lowest BCUT2D eigenvalue weighted by Gasteiger charge is -2.27. The van der Waals surface area contributed by atoms with Crippen LogP contribution in [0.25, 0.3) is 44.2 Å². The molecule has 9 aromatic rings. The number of para-hydroxylation sites is 4. The molecule has 0 bridgehead atoms. The fraction of sp³-hybridized carbons (Fsp3) is 0.0357. The Bertz CT molecular complexity index is 2810. The molecule has 0 aliphatic rings. The van der Waals surface area contributed by atoms with E-state index in [2.05, 4.69) is 246 Å². The summed E-state index contributed by atoms with van der Waals surface area (Å²) in [7, 11) is 0. The molecular weight excluding hydrogens is 715 g/mol. The molecule has 0 atom stereocenters. The molecule has 0 fully saturated rings. The second-order valence-corrected chi connectivity index (χ2v) is 14.6. The third kappa shape index (κ3) is 7.62. The van der Waals surface area contributed by atoms with E-state index in [0.29, 0.717) is 0 Å². The van der Waals surface area contributed by atoms with Gasteiger partial charge < -0.3 is 14.4 Å². The quantitative estimate of drug-likeness (QED) is 0.115. The Morgan fingerprint density at radius 3 is 1.54 bits per heavy atom. The largest absolute Gasteiger partial charge is 0.311 e. The molecular formula is C56H45N3. The van der Waals surface area contributed by atoms with E-state index in [1.165, 1.54) is 32.9 Å². The third-order valence-electron chi connectivity index (χ3n) is 10.8. The molecule has 0 spiro atoms. The highest BCUT2D eigenvalue weighted by atomic mass is 15.1. The normalized spacial score (nSPS) is 11.6. The Morgan fingerprint density at radius 1 is 0.475 bits per heavy atom. The van der Waals surface area contributed by atoms with E-state index in [1.807, 2.05) is 12.1 Å². The van der Waals surface area contributed by atoms with Crippen molar-refractivity contribution in [2.75, 3.05) is 9.80 Å². The van der Waals surface area contributed by atoms with Gasteiger partial charge in [0, 0.05) is 50.6 Å². The molecule has 0 unspecified atom stereocenters. The van der Waals surface area contributed by atoms with Crippen molar-refractivity contribution in [2.45, 2.75) is 13.3 Å². The van der Waals surface area contributed by atoms with Crippen molar-refractivity contribution < 1.29 is 0 Å². The van der Waals surface area contributed by atoms with Crippen LogP contribution in [0.2, 0.25) is 0 Å². The first-order chi connectivity index (χ1) is 29.2. The van der Waals surface area contributed by atoms with Crippen LogP contribution in [0.4, 0.5) is 28.4 Å². The zero-order valence-electron chi connectivity index (χ0n) is 33.2. The van der Waals surface area contributed by atoms with Crippen molar-refractivity contribution in [1.82, 2.24) is 4.57 Å². The Hall–Kier alpha value is -7.62. The summed E-state index contributed by atoms with van der Waals surface area (Å²) in [6, 6.07) is 75.4. The van der Waals surface area contributed by atoms with Crippen molar-refractivity contribution in [3.05, 3.63) is 248 Å². The molecule has 3 nitrogen and oxygen atoms in total. The number of anilines is 5. The van der Waals surface area contributed by atoms with E-state index in [0.717, 1.165) is 57.4 Å². The van der Waals surface area contributed by atoms with Gasteiger partial charge in [-0.05, 0) is 120 Å². The number of hydrogen-bond acceptors (Lipinski definition) is 2. The summed E-state index contributed by atoms with van der Waals surface area (Å²) in [6.45, 7) is 6.71. The SMILES string of the molecule is C=C(/C=C\C(=C/CC)c1ccc(N(c2ccc(-n3c4ccccc4c4ccccc43)cc2)c2cccc(-c3ccccc3)c2)cc1)N(c1ccccc1)c1ccccc1. The van der Waals surface area contributed by atoms with Crippen LogP contribution >= 0.6 is 0 Å². The molecule has 0 N–H and O–H groups in total. The lowest BCUT2D eigenvalue weighted by Crippen LogP contribution is -2.14. The fourth-order valence-electron chi connectivity index (χ4n) is 8.05. The summed E-state index contributed by atoms with van der Waals surface area (Å²) in [5.74, 6) is 0. The van der Waals surface area contributed by atoms with Crippen LogP contribution in [0.3, 0.4) is 0 Å². The highest BCUT2D eigenvalue weighted by molar-refractivity contribution is 6.09. The van der Waals surface area contributed by atoms with Gasteiger partial charge in [-0.2, -0.15) is 0 Å². The topological polar surface area (TPSA) is 11.4 Å². The Morgan fingerprint density at radius 2 is 0.966 bits per heavy atom. The molecule has 284 valence electrons. The summed E-state index contributed by atoms with van der Waals surface area (Å²) >= 11 is 0. The van der Waals surface area contributed by atoms with Gasteiger partial charge in [0.15, 0.2) is 0 Å². The maximum Gasteiger partial charge on any atom is 0.0541 e. The molecule has 0 amide bonds.